The van der Waals surface area contributed by atoms with E-state index in [-0.39, 0.29) is 36.9 Å². The summed E-state index contributed by atoms with van der Waals surface area (Å²) in [4.78, 5) is 56.3. The number of nitrogens with zero attached hydrogens (tertiary/aromatic N) is 3. The summed E-state index contributed by atoms with van der Waals surface area (Å²) in [5.74, 6) is -1.03. The number of carbonyl (C=O) groups is 2. The van der Waals surface area contributed by atoms with Crippen LogP contribution in [0.4, 0.5) is 17.2 Å². The van der Waals surface area contributed by atoms with E-state index in [1.54, 1.807) is 4.90 Å². The van der Waals surface area contributed by atoms with Crippen LogP contribution in [0.2, 0.25) is 0 Å². The second kappa shape index (κ2) is 9.61. The molecule has 9 heteroatoms. The average Bonchev–Trinajstić information content (AvgIpc) is 3.23. The molecular formula is C26H29N5O4. The monoisotopic (exact) mass is 475 g/mol. The molecule has 3 N–H and O–H groups in total. The summed E-state index contributed by atoms with van der Waals surface area (Å²) in [5.41, 5.74) is 7.37. The Morgan fingerprint density at radius 1 is 1.11 bits per heavy atom. The lowest BCUT2D eigenvalue weighted by molar-refractivity contribution is -0.124. The molecule has 1 fully saturated rings. The molecule has 0 radical (unpaired) electrons. The van der Waals surface area contributed by atoms with E-state index < -0.39 is 23.1 Å². The number of aromatic nitrogens is 2. The van der Waals surface area contributed by atoms with Crippen molar-refractivity contribution in [2.75, 3.05) is 29.1 Å². The fourth-order valence-electron chi connectivity index (χ4n) is 4.38. The largest absolute Gasteiger partial charge is 0.383 e. The summed E-state index contributed by atoms with van der Waals surface area (Å²) in [7, 11) is 1.44. The lowest BCUT2D eigenvalue weighted by Gasteiger charge is -2.23. The fourth-order valence-corrected chi connectivity index (χ4v) is 4.38. The molecule has 2 heterocycles. The molecule has 1 aliphatic rings. The topological polar surface area (TPSA) is 122 Å². The average molecular weight is 476 g/mol. The van der Waals surface area contributed by atoms with Gasteiger partial charge < -0.3 is 15.5 Å². The predicted molar refractivity (Wildman–Crippen MR) is 136 cm³/mol. The van der Waals surface area contributed by atoms with Gasteiger partial charge in [-0.25, -0.2) is 4.79 Å². The normalized spacial score (nSPS) is 15.6. The molecule has 35 heavy (non-hydrogen) atoms. The van der Waals surface area contributed by atoms with Crippen molar-refractivity contribution in [3.05, 3.63) is 86.6 Å². The van der Waals surface area contributed by atoms with Crippen molar-refractivity contribution in [2.24, 2.45) is 5.92 Å². The number of nitrogens with two attached hydrogens (primary N) is 1. The standard InChI is InChI=1S/C26H29N5O4/c1-16(2)18-10-7-11-20(12-18)30-15-19(13-21(30)32)25(34)29(3)22-23(27)31(26(35)28-24(22)33)14-17-8-5-4-6-9-17/h4-12,16,19H,13-15,27H2,1-3H3,(H,28,33,35). The molecule has 9 nitrogen and oxygen atoms in total. The molecular weight excluding hydrogens is 446 g/mol. The summed E-state index contributed by atoms with van der Waals surface area (Å²) in [6.45, 7) is 4.49. The van der Waals surface area contributed by atoms with Crippen LogP contribution in [-0.4, -0.2) is 35.0 Å². The zero-order valence-corrected chi connectivity index (χ0v) is 20.0. The van der Waals surface area contributed by atoms with Gasteiger partial charge in [-0.2, -0.15) is 0 Å². The molecule has 0 spiro atoms. The van der Waals surface area contributed by atoms with Gasteiger partial charge in [-0.3, -0.25) is 23.9 Å². The smallest absolute Gasteiger partial charge is 0.330 e. The first-order valence-electron chi connectivity index (χ1n) is 11.5. The van der Waals surface area contributed by atoms with Gasteiger partial charge in [0.15, 0.2) is 5.69 Å². The molecule has 4 rings (SSSR count). The fraction of sp³-hybridized carbons (Fsp3) is 0.308. The van der Waals surface area contributed by atoms with Crippen LogP contribution in [0.25, 0.3) is 0 Å². The van der Waals surface area contributed by atoms with Gasteiger partial charge in [-0.1, -0.05) is 56.3 Å². The van der Waals surface area contributed by atoms with Crippen LogP contribution in [-0.2, 0) is 16.1 Å². The van der Waals surface area contributed by atoms with Crippen molar-refractivity contribution in [2.45, 2.75) is 32.7 Å². The molecule has 182 valence electrons. The molecule has 2 amide bonds. The minimum atomic E-state index is -0.751. The first kappa shape index (κ1) is 24.0. The van der Waals surface area contributed by atoms with E-state index in [1.165, 1.54) is 11.6 Å². The first-order chi connectivity index (χ1) is 16.7. The van der Waals surface area contributed by atoms with Crippen LogP contribution < -0.4 is 26.8 Å². The highest BCUT2D eigenvalue weighted by atomic mass is 16.2. The highest BCUT2D eigenvalue weighted by molar-refractivity contribution is 6.05. The summed E-state index contributed by atoms with van der Waals surface area (Å²) >= 11 is 0. The van der Waals surface area contributed by atoms with Gasteiger partial charge in [0.25, 0.3) is 5.56 Å². The van der Waals surface area contributed by atoms with Crippen molar-refractivity contribution in [3.8, 4) is 0 Å². The molecule has 1 aromatic heterocycles. The van der Waals surface area contributed by atoms with Crippen LogP contribution >= 0.6 is 0 Å². The number of carbonyl (C=O) groups excluding carboxylic acids is 2. The van der Waals surface area contributed by atoms with Crippen molar-refractivity contribution in [1.82, 2.24) is 9.55 Å². The molecule has 2 aromatic carbocycles. The molecule has 1 unspecified atom stereocenters. The summed E-state index contributed by atoms with van der Waals surface area (Å²) in [6.07, 6.45) is 0.0243. The molecule has 3 aromatic rings. The lowest BCUT2D eigenvalue weighted by Crippen LogP contribution is -2.42. The maximum atomic E-state index is 13.4. The third kappa shape index (κ3) is 4.75. The van der Waals surface area contributed by atoms with Gasteiger partial charge in [0.1, 0.15) is 5.82 Å². The van der Waals surface area contributed by atoms with E-state index in [4.69, 9.17) is 5.73 Å². The Bertz CT molecular complexity index is 1380. The Hall–Kier alpha value is -4.14. The number of aromatic amines is 1. The number of hydrogen-bond donors (Lipinski definition) is 2. The zero-order valence-electron chi connectivity index (χ0n) is 20.0. The van der Waals surface area contributed by atoms with Crippen molar-refractivity contribution >= 4 is 29.0 Å². The SMILES string of the molecule is CC(C)c1cccc(N2CC(C(=O)N(C)c3c(N)n(Cc4ccccc4)c(=O)[nH]c3=O)CC2=O)c1. The maximum absolute atomic E-state index is 13.4. The van der Waals surface area contributed by atoms with Gasteiger partial charge >= 0.3 is 5.69 Å². The van der Waals surface area contributed by atoms with Gasteiger partial charge in [0.05, 0.1) is 12.5 Å². The van der Waals surface area contributed by atoms with Crippen molar-refractivity contribution < 1.29 is 9.59 Å². The quantitative estimate of drug-likeness (QED) is 0.567. The number of benzene rings is 2. The molecule has 1 atom stereocenters. The summed E-state index contributed by atoms with van der Waals surface area (Å²) in [6, 6.07) is 16.9. The summed E-state index contributed by atoms with van der Waals surface area (Å²) < 4.78 is 1.22. The number of rotatable bonds is 6. The molecule has 0 saturated carbocycles. The molecule has 1 aliphatic heterocycles. The van der Waals surface area contributed by atoms with Crippen molar-refractivity contribution in [3.63, 3.8) is 0 Å². The Labute approximate surface area is 202 Å². The van der Waals surface area contributed by atoms with E-state index in [2.05, 4.69) is 18.8 Å². The van der Waals surface area contributed by atoms with Crippen LogP contribution in [0.5, 0.6) is 0 Å². The Kier molecular flexibility index (Phi) is 6.59. The molecule has 1 saturated heterocycles. The van der Waals surface area contributed by atoms with E-state index in [1.807, 2.05) is 54.6 Å². The number of nitrogen functional groups attached to an aromatic ring is 1. The molecule has 0 aliphatic carbocycles. The number of amides is 2. The second-order valence-corrected chi connectivity index (χ2v) is 9.12. The third-order valence-electron chi connectivity index (χ3n) is 6.39. The predicted octanol–water partition coefficient (Wildman–Crippen LogP) is 2.31. The summed E-state index contributed by atoms with van der Waals surface area (Å²) in [5, 5.41) is 0. The van der Waals surface area contributed by atoms with Gasteiger partial charge in [-0.05, 0) is 29.2 Å². The van der Waals surface area contributed by atoms with Gasteiger partial charge in [0.2, 0.25) is 11.8 Å². The van der Waals surface area contributed by atoms with E-state index in [0.29, 0.717) is 5.92 Å². The first-order valence-corrected chi connectivity index (χ1v) is 11.5. The number of anilines is 3. The third-order valence-corrected chi connectivity index (χ3v) is 6.39. The van der Waals surface area contributed by atoms with E-state index in [0.717, 1.165) is 21.7 Å². The van der Waals surface area contributed by atoms with Crippen LogP contribution in [0.1, 0.15) is 37.3 Å². The number of hydrogen-bond acceptors (Lipinski definition) is 5. The maximum Gasteiger partial charge on any atom is 0.330 e. The van der Waals surface area contributed by atoms with Crippen LogP contribution in [0.3, 0.4) is 0 Å². The van der Waals surface area contributed by atoms with E-state index in [9.17, 15) is 19.2 Å². The van der Waals surface area contributed by atoms with Gasteiger partial charge in [-0.15, -0.1) is 0 Å². The van der Waals surface area contributed by atoms with Gasteiger partial charge in [0, 0.05) is 25.7 Å². The lowest BCUT2D eigenvalue weighted by atomic mass is 10.0. The zero-order chi connectivity index (χ0) is 25.3. The molecule has 0 bridgehead atoms. The van der Waals surface area contributed by atoms with E-state index >= 15 is 0 Å². The van der Waals surface area contributed by atoms with Crippen LogP contribution in [0.15, 0.2) is 64.2 Å². The number of nitrogens with one attached hydrogen (secondary N) is 1. The second-order valence-electron chi connectivity index (χ2n) is 9.12. The minimum absolute atomic E-state index is 0.0243. The Balaban J connectivity index is 1.60. The van der Waals surface area contributed by atoms with Crippen molar-refractivity contribution in [1.29, 1.82) is 0 Å². The Morgan fingerprint density at radius 2 is 1.83 bits per heavy atom. The Morgan fingerprint density at radius 3 is 2.51 bits per heavy atom. The highest BCUT2D eigenvalue weighted by Gasteiger charge is 2.38. The highest BCUT2D eigenvalue weighted by Crippen LogP contribution is 2.29. The van der Waals surface area contributed by atoms with Crippen LogP contribution in [0, 0.1) is 5.92 Å². The number of H-pyrrole nitrogens is 1. The minimum Gasteiger partial charge on any atom is -0.383 e.